The van der Waals surface area contributed by atoms with Crippen molar-refractivity contribution in [1.82, 2.24) is 0 Å². The van der Waals surface area contributed by atoms with Crippen LogP contribution in [0.5, 0.6) is 0 Å². The third-order valence-electron chi connectivity index (χ3n) is 17.8. The number of hydrogen-bond acceptors (Lipinski definition) is 15. The van der Waals surface area contributed by atoms with E-state index in [4.69, 9.17) is 37.0 Å². The van der Waals surface area contributed by atoms with Crippen LogP contribution in [-0.2, 0) is 65.4 Å². The van der Waals surface area contributed by atoms with Crippen LogP contribution >= 0.6 is 15.6 Å². The topological polar surface area (TPSA) is 237 Å². The molecule has 0 radical (unpaired) electrons. The van der Waals surface area contributed by atoms with Gasteiger partial charge in [0.2, 0.25) is 0 Å². The molecule has 0 aromatic rings. The van der Waals surface area contributed by atoms with Gasteiger partial charge in [0.05, 0.1) is 26.4 Å². The van der Waals surface area contributed by atoms with Gasteiger partial charge in [-0.2, -0.15) is 0 Å². The lowest BCUT2D eigenvalue weighted by Gasteiger charge is -2.21. The van der Waals surface area contributed by atoms with Gasteiger partial charge in [-0.15, -0.1) is 0 Å². The number of phosphoric ester groups is 2. The Bertz CT molecular complexity index is 1820. The number of rotatable bonds is 74. The van der Waals surface area contributed by atoms with Gasteiger partial charge in [-0.1, -0.05) is 337 Å². The van der Waals surface area contributed by atoms with Gasteiger partial charge in [-0.3, -0.25) is 37.3 Å². The molecule has 0 rings (SSSR count). The van der Waals surface area contributed by atoms with Crippen LogP contribution in [0.15, 0.2) is 0 Å². The van der Waals surface area contributed by atoms with Crippen LogP contribution in [0, 0.1) is 11.8 Å². The largest absolute Gasteiger partial charge is 0.472 e. The number of carbonyl (C=O) groups excluding carboxylic acids is 4. The summed E-state index contributed by atoms with van der Waals surface area (Å²) in [5.74, 6) is -0.580. The fraction of sp³-hybridized carbons (Fsp3) is 0.947. The fourth-order valence-corrected chi connectivity index (χ4v) is 13.0. The molecule has 0 saturated heterocycles. The molecule has 17 nitrogen and oxygen atoms in total. The zero-order valence-corrected chi connectivity index (χ0v) is 63.1. The van der Waals surface area contributed by atoms with E-state index in [9.17, 15) is 43.2 Å². The van der Waals surface area contributed by atoms with E-state index >= 15 is 0 Å². The predicted octanol–water partition coefficient (Wildman–Crippen LogP) is 21.9. The minimum Gasteiger partial charge on any atom is -0.462 e. The number of aliphatic hydroxyl groups is 1. The van der Waals surface area contributed by atoms with Crippen LogP contribution in [0.4, 0.5) is 0 Å². The van der Waals surface area contributed by atoms with E-state index in [1.54, 1.807) is 0 Å². The lowest BCUT2D eigenvalue weighted by molar-refractivity contribution is -0.161. The number of ether oxygens (including phenoxy) is 4. The standard InChI is InChI=1S/C75H146O17P2/c1-7-10-12-14-15-16-17-18-19-20-21-22-23-24-25-26-27-32-35-41-47-53-59-74(79)92-71(64-86-73(78)58-52-46-40-34-31-29-28-30-33-38-44-49-55-67(4)5)66-90-94(83,84)88-62-69(76)61-87-93(81,82)89-65-70(63-85-72(77)57-51-43-13-11-8-2)91-75(80)60-54-48-42-37-36-39-45-50-56-68(6)9-3/h67-71,76H,7-66H2,1-6H3,(H,81,82)(H,83,84)/t68?,69-,70+,71+/m0/s1. The molecular weight excluding hydrogens is 1230 g/mol. The summed E-state index contributed by atoms with van der Waals surface area (Å²) >= 11 is 0. The van der Waals surface area contributed by atoms with E-state index in [1.165, 1.54) is 199 Å². The molecule has 6 atom stereocenters. The van der Waals surface area contributed by atoms with Gasteiger partial charge < -0.3 is 33.8 Å². The van der Waals surface area contributed by atoms with Crippen molar-refractivity contribution in [1.29, 1.82) is 0 Å². The first-order valence-corrected chi connectivity index (χ1v) is 42.0. The minimum absolute atomic E-state index is 0.104. The summed E-state index contributed by atoms with van der Waals surface area (Å²) in [6, 6.07) is 0. The molecule has 0 aliphatic heterocycles. The summed E-state index contributed by atoms with van der Waals surface area (Å²) in [7, 11) is -9.90. The smallest absolute Gasteiger partial charge is 0.462 e. The molecule has 0 aromatic heterocycles. The van der Waals surface area contributed by atoms with Gasteiger partial charge in [0.15, 0.2) is 12.2 Å². The zero-order valence-electron chi connectivity index (χ0n) is 61.3. The van der Waals surface area contributed by atoms with Gasteiger partial charge in [0.1, 0.15) is 19.3 Å². The van der Waals surface area contributed by atoms with E-state index in [1.807, 2.05) is 0 Å². The quantitative estimate of drug-likeness (QED) is 0.0222. The highest BCUT2D eigenvalue weighted by atomic mass is 31.2. The molecule has 0 aliphatic carbocycles. The first-order valence-electron chi connectivity index (χ1n) is 39.0. The van der Waals surface area contributed by atoms with Crippen molar-refractivity contribution < 1.29 is 80.2 Å². The van der Waals surface area contributed by atoms with Crippen LogP contribution in [0.25, 0.3) is 0 Å². The minimum atomic E-state index is -4.95. The third kappa shape index (κ3) is 67.3. The summed E-state index contributed by atoms with van der Waals surface area (Å²) in [6.07, 6.45) is 54.7. The average molecular weight is 1380 g/mol. The van der Waals surface area contributed by atoms with Gasteiger partial charge in [-0.25, -0.2) is 9.13 Å². The Labute approximate surface area is 575 Å². The number of aliphatic hydroxyl groups excluding tert-OH is 1. The SMILES string of the molecule is CCCCCCCCCCCCCCCCCCCCCCCCC(=O)O[C@H](COC(=O)CCCCCCCCCCCCCCC(C)C)COP(=O)(O)OC[C@@H](O)COP(=O)(O)OC[C@@H](COC(=O)CCCCCCC)OC(=O)CCCCCCCCCCC(C)CC. The van der Waals surface area contributed by atoms with E-state index < -0.39 is 97.5 Å². The lowest BCUT2D eigenvalue weighted by Crippen LogP contribution is -2.30. The van der Waals surface area contributed by atoms with Crippen molar-refractivity contribution in [3.63, 3.8) is 0 Å². The van der Waals surface area contributed by atoms with Crippen LogP contribution < -0.4 is 0 Å². The molecule has 0 bridgehead atoms. The normalized spacial score (nSPS) is 14.3. The highest BCUT2D eigenvalue weighted by molar-refractivity contribution is 7.47. The molecule has 3 unspecified atom stereocenters. The Morgan fingerprint density at radius 1 is 0.309 bits per heavy atom. The second-order valence-corrected chi connectivity index (χ2v) is 30.7. The molecular formula is C75H146O17P2. The first kappa shape index (κ1) is 92.1. The third-order valence-corrected chi connectivity index (χ3v) is 19.7. The summed E-state index contributed by atoms with van der Waals surface area (Å²) in [5.41, 5.74) is 0. The van der Waals surface area contributed by atoms with E-state index in [0.717, 1.165) is 108 Å². The highest BCUT2D eigenvalue weighted by Crippen LogP contribution is 2.45. The van der Waals surface area contributed by atoms with Crippen molar-refractivity contribution >= 4 is 39.5 Å². The van der Waals surface area contributed by atoms with Crippen molar-refractivity contribution in [3.8, 4) is 0 Å². The fourth-order valence-electron chi connectivity index (χ4n) is 11.4. The second-order valence-electron chi connectivity index (χ2n) is 27.8. The summed E-state index contributed by atoms with van der Waals surface area (Å²) in [5, 5.41) is 10.6. The number of carbonyl (C=O) groups is 4. The molecule has 19 heteroatoms. The molecule has 0 heterocycles. The maximum absolute atomic E-state index is 13.1. The zero-order chi connectivity index (χ0) is 69.3. The van der Waals surface area contributed by atoms with Gasteiger partial charge in [-0.05, 0) is 37.5 Å². The van der Waals surface area contributed by atoms with Crippen molar-refractivity contribution in [3.05, 3.63) is 0 Å². The van der Waals surface area contributed by atoms with E-state index in [2.05, 4.69) is 41.5 Å². The number of esters is 4. The predicted molar refractivity (Wildman–Crippen MR) is 381 cm³/mol. The first-order chi connectivity index (χ1) is 45.4. The molecule has 0 aliphatic rings. The Hall–Kier alpha value is -1.94. The van der Waals surface area contributed by atoms with Crippen LogP contribution in [-0.4, -0.2) is 96.7 Å². The lowest BCUT2D eigenvalue weighted by atomic mass is 9.99. The van der Waals surface area contributed by atoms with Gasteiger partial charge >= 0.3 is 39.5 Å². The maximum Gasteiger partial charge on any atom is 0.472 e. The number of hydrogen-bond donors (Lipinski definition) is 3. The second kappa shape index (κ2) is 66.9. The van der Waals surface area contributed by atoms with Gasteiger partial charge in [0.25, 0.3) is 0 Å². The van der Waals surface area contributed by atoms with Crippen LogP contribution in [0.1, 0.15) is 388 Å². The van der Waals surface area contributed by atoms with E-state index in [-0.39, 0.29) is 25.7 Å². The molecule has 94 heavy (non-hydrogen) atoms. The molecule has 0 aromatic carbocycles. The van der Waals surface area contributed by atoms with Crippen LogP contribution in [0.3, 0.4) is 0 Å². The molecule has 0 saturated carbocycles. The number of unbranched alkanes of at least 4 members (excludes halogenated alkanes) is 43. The average Bonchev–Trinajstić information content (AvgIpc) is 1.35. The summed E-state index contributed by atoms with van der Waals surface area (Å²) in [6.45, 7) is 9.50. The molecule has 0 fully saturated rings. The summed E-state index contributed by atoms with van der Waals surface area (Å²) < 4.78 is 68.2. The maximum atomic E-state index is 13.1. The Kier molecular flexibility index (Phi) is 65.5. The molecule has 0 spiro atoms. The van der Waals surface area contributed by atoms with Crippen molar-refractivity contribution in [2.24, 2.45) is 11.8 Å². The summed E-state index contributed by atoms with van der Waals surface area (Å²) in [4.78, 5) is 72.4. The van der Waals surface area contributed by atoms with E-state index in [0.29, 0.717) is 25.7 Å². The Morgan fingerprint density at radius 2 is 0.543 bits per heavy atom. The van der Waals surface area contributed by atoms with Crippen molar-refractivity contribution in [2.75, 3.05) is 39.6 Å². The molecule has 0 amide bonds. The van der Waals surface area contributed by atoms with Crippen LogP contribution in [0.2, 0.25) is 0 Å². The highest BCUT2D eigenvalue weighted by Gasteiger charge is 2.30. The number of phosphoric acid groups is 2. The van der Waals surface area contributed by atoms with Crippen molar-refractivity contribution in [2.45, 2.75) is 407 Å². The van der Waals surface area contributed by atoms with Gasteiger partial charge in [0, 0.05) is 25.7 Å². The Balaban J connectivity index is 5.11. The molecule has 558 valence electrons. The Morgan fingerprint density at radius 3 is 0.809 bits per heavy atom. The molecule has 3 N–H and O–H groups in total. The monoisotopic (exact) mass is 1380 g/mol.